The second-order valence-corrected chi connectivity index (χ2v) is 7.95. The number of ether oxygens (including phenoxy) is 1. The van der Waals surface area contributed by atoms with Crippen molar-refractivity contribution in [2.24, 2.45) is 0 Å². The molecule has 2 amide bonds. The van der Waals surface area contributed by atoms with Gasteiger partial charge in [0.15, 0.2) is 5.13 Å². The van der Waals surface area contributed by atoms with E-state index in [4.69, 9.17) is 4.74 Å². The van der Waals surface area contributed by atoms with E-state index in [9.17, 15) is 9.59 Å². The molecule has 0 bridgehead atoms. The molecule has 0 unspecified atom stereocenters. The number of aromatic nitrogens is 1. The highest BCUT2D eigenvalue weighted by molar-refractivity contribution is 8.00. The minimum Gasteiger partial charge on any atom is -0.494 e. The predicted molar refractivity (Wildman–Crippen MR) is 119 cm³/mol. The number of amides is 2. The van der Waals surface area contributed by atoms with Crippen molar-refractivity contribution in [3.05, 3.63) is 53.9 Å². The molecule has 2 N–H and O–H groups in total. The summed E-state index contributed by atoms with van der Waals surface area (Å²) >= 11 is 2.79. The van der Waals surface area contributed by atoms with Crippen LogP contribution in [-0.2, 0) is 9.59 Å². The van der Waals surface area contributed by atoms with Crippen molar-refractivity contribution < 1.29 is 14.3 Å². The summed E-state index contributed by atoms with van der Waals surface area (Å²) in [6.45, 7) is 4.03. The molecule has 0 spiro atoms. The number of nitrogens with one attached hydrogen (secondary N) is 2. The Morgan fingerprint density at radius 3 is 2.66 bits per heavy atom. The van der Waals surface area contributed by atoms with Crippen molar-refractivity contribution in [1.29, 1.82) is 0 Å². The molecule has 8 heteroatoms. The first-order valence-corrected chi connectivity index (χ1v) is 10.9. The number of carbonyl (C=O) groups excluding carboxylic acids is 2. The summed E-state index contributed by atoms with van der Waals surface area (Å²) < 4.78 is 5.45. The quantitative estimate of drug-likeness (QED) is 0.500. The van der Waals surface area contributed by atoms with E-state index >= 15 is 0 Å². The maximum atomic E-state index is 12.3. The predicted octanol–water partition coefficient (Wildman–Crippen LogP) is 4.90. The third kappa shape index (κ3) is 6.33. The van der Waals surface area contributed by atoms with Gasteiger partial charge >= 0.3 is 0 Å². The van der Waals surface area contributed by atoms with E-state index in [1.807, 2.05) is 60.8 Å². The Hall–Kier alpha value is -2.84. The minimum absolute atomic E-state index is 0.128. The Morgan fingerprint density at radius 1 is 1.14 bits per heavy atom. The molecule has 29 heavy (non-hydrogen) atoms. The number of hydrogen-bond donors (Lipinski definition) is 2. The number of thiazole rings is 1. The smallest absolute Gasteiger partial charge is 0.236 e. The summed E-state index contributed by atoms with van der Waals surface area (Å²) in [5.74, 6) is 0.811. The third-order valence-corrected chi connectivity index (χ3v) is 5.49. The van der Waals surface area contributed by atoms with Gasteiger partial charge in [0.2, 0.25) is 11.8 Å². The number of rotatable bonds is 8. The lowest BCUT2D eigenvalue weighted by Gasteiger charge is -2.06. The molecule has 150 valence electrons. The van der Waals surface area contributed by atoms with Crippen molar-refractivity contribution in [1.82, 2.24) is 4.98 Å². The van der Waals surface area contributed by atoms with Crippen LogP contribution in [0.1, 0.15) is 13.8 Å². The van der Waals surface area contributed by atoms with Crippen LogP contribution in [0.15, 0.2) is 58.8 Å². The highest BCUT2D eigenvalue weighted by Gasteiger charge is 2.09. The highest BCUT2D eigenvalue weighted by atomic mass is 32.2. The van der Waals surface area contributed by atoms with Gasteiger partial charge in [-0.2, -0.15) is 0 Å². The molecule has 0 radical (unpaired) electrons. The van der Waals surface area contributed by atoms with E-state index < -0.39 is 0 Å². The fourth-order valence-electron chi connectivity index (χ4n) is 2.52. The SMILES string of the molecule is CCOc1ccc(-c2csc(NC(=O)CSc3cccc(NC(C)=O)c3)n2)cc1. The first-order chi connectivity index (χ1) is 14.0. The summed E-state index contributed by atoms with van der Waals surface area (Å²) in [7, 11) is 0. The largest absolute Gasteiger partial charge is 0.494 e. The second-order valence-electron chi connectivity index (χ2n) is 6.04. The average Bonchev–Trinajstić information content (AvgIpc) is 3.15. The zero-order valence-corrected chi connectivity index (χ0v) is 17.7. The first kappa shape index (κ1) is 20.9. The molecule has 3 aromatic rings. The number of benzene rings is 2. The summed E-state index contributed by atoms with van der Waals surface area (Å²) in [4.78, 5) is 28.8. The molecule has 0 fully saturated rings. The van der Waals surface area contributed by atoms with Crippen LogP contribution in [0.2, 0.25) is 0 Å². The second kappa shape index (κ2) is 10.1. The van der Waals surface area contributed by atoms with Crippen LogP contribution in [0, 0.1) is 0 Å². The lowest BCUT2D eigenvalue weighted by atomic mass is 10.2. The zero-order chi connectivity index (χ0) is 20.6. The maximum Gasteiger partial charge on any atom is 0.236 e. The molecule has 2 aromatic carbocycles. The lowest BCUT2D eigenvalue weighted by molar-refractivity contribution is -0.114. The molecule has 1 aromatic heterocycles. The Kier molecular flexibility index (Phi) is 7.26. The van der Waals surface area contributed by atoms with Gasteiger partial charge in [0.1, 0.15) is 5.75 Å². The zero-order valence-electron chi connectivity index (χ0n) is 16.1. The standard InChI is InChI=1S/C21H21N3O3S2/c1-3-27-17-9-7-15(8-10-17)19-12-29-21(23-19)24-20(26)13-28-18-6-4-5-16(11-18)22-14(2)25/h4-12H,3,13H2,1-2H3,(H,22,25)(H,23,24,26). The molecule has 6 nitrogen and oxygen atoms in total. The van der Waals surface area contributed by atoms with Crippen LogP contribution in [0.4, 0.5) is 10.8 Å². The lowest BCUT2D eigenvalue weighted by Crippen LogP contribution is -2.13. The number of hydrogen-bond acceptors (Lipinski definition) is 6. The van der Waals surface area contributed by atoms with Gasteiger partial charge in [-0.1, -0.05) is 6.07 Å². The van der Waals surface area contributed by atoms with Gasteiger partial charge in [-0.3, -0.25) is 9.59 Å². The van der Waals surface area contributed by atoms with E-state index in [-0.39, 0.29) is 17.6 Å². The Labute approximate surface area is 177 Å². The third-order valence-electron chi connectivity index (χ3n) is 3.74. The Balaban J connectivity index is 1.54. The summed E-state index contributed by atoms with van der Waals surface area (Å²) in [6.07, 6.45) is 0. The number of carbonyl (C=O) groups is 2. The van der Waals surface area contributed by atoms with Crippen LogP contribution in [0.25, 0.3) is 11.3 Å². The van der Waals surface area contributed by atoms with Gasteiger partial charge in [0.05, 0.1) is 18.1 Å². The number of nitrogens with zero attached hydrogens (tertiary/aromatic N) is 1. The van der Waals surface area contributed by atoms with Crippen LogP contribution >= 0.6 is 23.1 Å². The average molecular weight is 428 g/mol. The normalized spacial score (nSPS) is 10.4. The van der Waals surface area contributed by atoms with Crippen molar-refractivity contribution in [3.8, 4) is 17.0 Å². The van der Waals surface area contributed by atoms with E-state index in [0.717, 1.165) is 21.9 Å². The van der Waals surface area contributed by atoms with E-state index in [0.29, 0.717) is 17.4 Å². The van der Waals surface area contributed by atoms with Gasteiger partial charge < -0.3 is 15.4 Å². The number of thioether (sulfide) groups is 1. The summed E-state index contributed by atoms with van der Waals surface area (Å²) in [6, 6.07) is 15.1. The topological polar surface area (TPSA) is 80.3 Å². The van der Waals surface area contributed by atoms with E-state index in [1.165, 1.54) is 30.0 Å². The van der Waals surface area contributed by atoms with Crippen molar-refractivity contribution >= 4 is 45.7 Å². The van der Waals surface area contributed by atoms with Gasteiger partial charge in [-0.15, -0.1) is 23.1 Å². The monoisotopic (exact) mass is 427 g/mol. The molecule has 3 rings (SSSR count). The summed E-state index contributed by atoms with van der Waals surface area (Å²) in [5.41, 5.74) is 2.49. The molecule has 1 heterocycles. The molecule has 0 aliphatic rings. The Morgan fingerprint density at radius 2 is 1.93 bits per heavy atom. The molecular weight excluding hydrogens is 406 g/mol. The van der Waals surface area contributed by atoms with E-state index in [2.05, 4.69) is 15.6 Å². The molecular formula is C21H21N3O3S2. The van der Waals surface area contributed by atoms with Gasteiger partial charge in [0.25, 0.3) is 0 Å². The number of anilines is 2. The molecule has 0 aliphatic carbocycles. The van der Waals surface area contributed by atoms with Crippen LogP contribution in [0.3, 0.4) is 0 Å². The van der Waals surface area contributed by atoms with Crippen LogP contribution < -0.4 is 15.4 Å². The van der Waals surface area contributed by atoms with Crippen molar-refractivity contribution in [3.63, 3.8) is 0 Å². The molecule has 0 saturated heterocycles. The molecule has 0 aliphatic heterocycles. The highest BCUT2D eigenvalue weighted by Crippen LogP contribution is 2.27. The van der Waals surface area contributed by atoms with Crippen LogP contribution in [0.5, 0.6) is 5.75 Å². The molecule has 0 atom stereocenters. The van der Waals surface area contributed by atoms with E-state index in [1.54, 1.807) is 0 Å². The van der Waals surface area contributed by atoms with Crippen molar-refractivity contribution in [2.45, 2.75) is 18.7 Å². The van der Waals surface area contributed by atoms with Gasteiger partial charge in [0, 0.05) is 28.5 Å². The van der Waals surface area contributed by atoms with Crippen molar-refractivity contribution in [2.75, 3.05) is 23.0 Å². The van der Waals surface area contributed by atoms with Gasteiger partial charge in [-0.25, -0.2) is 4.98 Å². The molecule has 0 saturated carbocycles. The fourth-order valence-corrected chi connectivity index (χ4v) is 4.01. The summed E-state index contributed by atoms with van der Waals surface area (Å²) in [5, 5.41) is 8.04. The fraction of sp³-hybridized carbons (Fsp3) is 0.190. The first-order valence-electron chi connectivity index (χ1n) is 9.02. The minimum atomic E-state index is -0.132. The van der Waals surface area contributed by atoms with Crippen LogP contribution in [-0.4, -0.2) is 29.2 Å². The van der Waals surface area contributed by atoms with Gasteiger partial charge in [-0.05, 0) is 49.4 Å². The maximum absolute atomic E-state index is 12.3. The Bertz CT molecular complexity index is 987.